The van der Waals surface area contributed by atoms with Crippen molar-refractivity contribution in [2.45, 2.75) is 0 Å². The molecule has 0 bridgehead atoms. The molecule has 25 heavy (non-hydrogen) atoms. The van der Waals surface area contributed by atoms with Crippen molar-refractivity contribution in [3.63, 3.8) is 0 Å². The number of nitrogens with zero attached hydrogens (tertiary/aromatic N) is 1. The number of sulfonamides is 1. The molecule has 0 radical (unpaired) electrons. The van der Waals surface area contributed by atoms with Gasteiger partial charge in [0, 0.05) is 17.1 Å². The third-order valence-electron chi connectivity index (χ3n) is 3.27. The van der Waals surface area contributed by atoms with Crippen molar-refractivity contribution in [2.75, 3.05) is 23.7 Å². The number of carbonyl (C=O) groups excluding carboxylic acids is 1. The first-order valence-corrected chi connectivity index (χ1v) is 9.38. The third kappa shape index (κ3) is 4.90. The lowest BCUT2D eigenvalue weighted by atomic mass is 10.2. The number of hydrogen-bond acceptors (Lipinski definition) is 3. The van der Waals surface area contributed by atoms with E-state index in [4.69, 9.17) is 11.6 Å². The van der Waals surface area contributed by atoms with Gasteiger partial charge in [0.05, 0.1) is 12.8 Å². The Hall–Kier alpha value is -2.19. The lowest BCUT2D eigenvalue weighted by molar-refractivity contribution is 0.0955. The van der Waals surface area contributed by atoms with Gasteiger partial charge in [0.1, 0.15) is 5.69 Å². The SMILES string of the molecule is CS(=O)(=O)N(CCNC(=O)c1cccc(Cl)c1)c1c(F)cccc1F. The minimum atomic E-state index is -3.95. The molecule has 2 rings (SSSR count). The molecule has 0 saturated carbocycles. The fraction of sp³-hybridized carbons (Fsp3) is 0.188. The molecule has 0 saturated heterocycles. The molecule has 0 heterocycles. The van der Waals surface area contributed by atoms with Crippen molar-refractivity contribution in [1.29, 1.82) is 0 Å². The van der Waals surface area contributed by atoms with Crippen LogP contribution in [-0.4, -0.2) is 33.7 Å². The first-order chi connectivity index (χ1) is 11.7. The lowest BCUT2D eigenvalue weighted by Gasteiger charge is -2.23. The van der Waals surface area contributed by atoms with Crippen LogP contribution in [0.2, 0.25) is 5.02 Å². The molecule has 9 heteroatoms. The topological polar surface area (TPSA) is 66.5 Å². The molecule has 5 nitrogen and oxygen atoms in total. The Morgan fingerprint density at radius 3 is 2.32 bits per heavy atom. The Balaban J connectivity index is 2.13. The number of para-hydroxylation sites is 1. The van der Waals surface area contributed by atoms with Gasteiger partial charge in [-0.25, -0.2) is 17.2 Å². The third-order valence-corrected chi connectivity index (χ3v) is 4.68. The van der Waals surface area contributed by atoms with Crippen LogP contribution in [0, 0.1) is 11.6 Å². The number of anilines is 1. The molecule has 0 unspecified atom stereocenters. The van der Waals surface area contributed by atoms with Crippen LogP contribution >= 0.6 is 11.6 Å². The van der Waals surface area contributed by atoms with E-state index in [0.29, 0.717) is 9.33 Å². The van der Waals surface area contributed by atoms with Gasteiger partial charge in [-0.1, -0.05) is 23.7 Å². The molecular weight excluding hydrogens is 374 g/mol. The summed E-state index contributed by atoms with van der Waals surface area (Å²) in [5.74, 6) is -2.50. The Bertz CT molecular complexity index is 870. The van der Waals surface area contributed by atoms with Gasteiger partial charge < -0.3 is 5.32 Å². The van der Waals surface area contributed by atoms with E-state index in [1.807, 2.05) is 0 Å². The Morgan fingerprint density at radius 2 is 1.76 bits per heavy atom. The molecule has 134 valence electrons. The number of carbonyl (C=O) groups is 1. The second-order valence-electron chi connectivity index (χ2n) is 5.17. The maximum absolute atomic E-state index is 13.9. The van der Waals surface area contributed by atoms with E-state index in [-0.39, 0.29) is 18.7 Å². The highest BCUT2D eigenvalue weighted by Crippen LogP contribution is 2.25. The molecular formula is C16H15ClF2N2O3S. The molecule has 0 aromatic heterocycles. The summed E-state index contributed by atoms with van der Waals surface area (Å²) >= 11 is 5.80. The first-order valence-electron chi connectivity index (χ1n) is 7.15. The van der Waals surface area contributed by atoms with E-state index in [1.165, 1.54) is 12.1 Å². The fourth-order valence-electron chi connectivity index (χ4n) is 2.17. The van der Waals surface area contributed by atoms with Gasteiger partial charge in [-0.3, -0.25) is 9.10 Å². The molecule has 2 aromatic rings. The summed E-state index contributed by atoms with van der Waals surface area (Å²) in [6.45, 7) is -0.477. The number of hydrogen-bond donors (Lipinski definition) is 1. The average molecular weight is 389 g/mol. The molecule has 1 N–H and O–H groups in total. The van der Waals surface area contributed by atoms with Crippen molar-refractivity contribution in [1.82, 2.24) is 5.32 Å². The van der Waals surface area contributed by atoms with E-state index in [2.05, 4.69) is 5.32 Å². The normalized spacial score (nSPS) is 11.2. The molecule has 0 aliphatic rings. The zero-order valence-electron chi connectivity index (χ0n) is 13.2. The van der Waals surface area contributed by atoms with Crippen molar-refractivity contribution in [3.8, 4) is 0 Å². The number of benzene rings is 2. The monoisotopic (exact) mass is 388 g/mol. The standard InChI is InChI=1S/C16H15ClF2N2O3S/c1-25(23,24)21(15-13(18)6-3-7-14(15)19)9-8-20-16(22)11-4-2-5-12(17)10-11/h2-7,10H,8-9H2,1H3,(H,20,22). The summed E-state index contributed by atoms with van der Waals surface area (Å²) in [5.41, 5.74) is -0.391. The summed E-state index contributed by atoms with van der Waals surface area (Å²) in [6, 6.07) is 9.23. The van der Waals surface area contributed by atoms with Gasteiger partial charge in [-0.15, -0.1) is 0 Å². The van der Waals surface area contributed by atoms with Crippen LogP contribution in [0.1, 0.15) is 10.4 Å². The highest BCUT2D eigenvalue weighted by Gasteiger charge is 2.24. The van der Waals surface area contributed by atoms with Crippen molar-refractivity contribution < 1.29 is 22.0 Å². The van der Waals surface area contributed by atoms with Crippen molar-refractivity contribution >= 4 is 33.2 Å². The second-order valence-corrected chi connectivity index (χ2v) is 7.51. The van der Waals surface area contributed by atoms with Crippen LogP contribution in [0.3, 0.4) is 0 Å². The molecule has 0 aliphatic carbocycles. The molecule has 0 spiro atoms. The fourth-order valence-corrected chi connectivity index (χ4v) is 3.29. The largest absolute Gasteiger partial charge is 0.350 e. The molecule has 2 aromatic carbocycles. The number of halogens is 3. The smallest absolute Gasteiger partial charge is 0.251 e. The van der Waals surface area contributed by atoms with Gasteiger partial charge in [0.25, 0.3) is 5.91 Å². The summed E-state index contributed by atoms with van der Waals surface area (Å²) in [7, 11) is -3.95. The molecule has 0 atom stereocenters. The number of amides is 1. The van der Waals surface area contributed by atoms with Crippen LogP contribution in [0.15, 0.2) is 42.5 Å². The molecule has 0 aliphatic heterocycles. The number of rotatable bonds is 6. The quantitative estimate of drug-likeness (QED) is 0.827. The summed E-state index contributed by atoms with van der Waals surface area (Å²) in [5, 5.41) is 2.86. The molecule has 0 fully saturated rings. The first kappa shape index (κ1) is 19.1. The predicted molar refractivity (Wildman–Crippen MR) is 92.3 cm³/mol. The van der Waals surface area contributed by atoms with Crippen LogP contribution in [0.5, 0.6) is 0 Å². The van der Waals surface area contributed by atoms with Gasteiger partial charge in [-0.2, -0.15) is 0 Å². The number of nitrogens with one attached hydrogen (secondary N) is 1. The summed E-state index contributed by atoms with van der Waals surface area (Å²) in [6.07, 6.45) is 0.831. The van der Waals surface area contributed by atoms with Crippen LogP contribution < -0.4 is 9.62 Å². The maximum atomic E-state index is 13.9. The van der Waals surface area contributed by atoms with Crippen LogP contribution in [-0.2, 0) is 10.0 Å². The second kappa shape index (κ2) is 7.79. The average Bonchev–Trinajstić information content (AvgIpc) is 2.52. The van der Waals surface area contributed by atoms with Crippen molar-refractivity contribution in [2.24, 2.45) is 0 Å². The Labute approximate surface area is 149 Å². The van der Waals surface area contributed by atoms with Crippen LogP contribution in [0.4, 0.5) is 14.5 Å². The van der Waals surface area contributed by atoms with Gasteiger partial charge in [0.15, 0.2) is 11.6 Å². The van der Waals surface area contributed by atoms with Gasteiger partial charge >= 0.3 is 0 Å². The minimum Gasteiger partial charge on any atom is -0.350 e. The van der Waals surface area contributed by atoms with E-state index < -0.39 is 33.3 Å². The Morgan fingerprint density at radius 1 is 1.16 bits per heavy atom. The van der Waals surface area contributed by atoms with Gasteiger partial charge in [-0.05, 0) is 30.3 Å². The zero-order chi connectivity index (χ0) is 18.6. The lowest BCUT2D eigenvalue weighted by Crippen LogP contribution is -2.39. The minimum absolute atomic E-state index is 0.147. The maximum Gasteiger partial charge on any atom is 0.251 e. The van der Waals surface area contributed by atoms with E-state index >= 15 is 0 Å². The van der Waals surface area contributed by atoms with E-state index in [0.717, 1.165) is 24.5 Å². The predicted octanol–water partition coefficient (Wildman–Crippen LogP) is 2.81. The highest BCUT2D eigenvalue weighted by molar-refractivity contribution is 7.92. The summed E-state index contributed by atoms with van der Waals surface area (Å²) < 4.78 is 52.1. The van der Waals surface area contributed by atoms with Gasteiger partial charge in [0.2, 0.25) is 10.0 Å². The molecule has 1 amide bonds. The highest BCUT2D eigenvalue weighted by atomic mass is 35.5. The van der Waals surface area contributed by atoms with E-state index in [1.54, 1.807) is 12.1 Å². The van der Waals surface area contributed by atoms with Crippen LogP contribution in [0.25, 0.3) is 0 Å². The Kier molecular flexibility index (Phi) is 5.97. The van der Waals surface area contributed by atoms with E-state index in [9.17, 15) is 22.0 Å². The van der Waals surface area contributed by atoms with Crippen molar-refractivity contribution in [3.05, 3.63) is 64.7 Å². The summed E-state index contributed by atoms with van der Waals surface area (Å²) in [4.78, 5) is 12.0. The zero-order valence-corrected chi connectivity index (χ0v) is 14.7.